The van der Waals surface area contributed by atoms with Gasteiger partial charge in [0.05, 0.1) is 18.7 Å². The van der Waals surface area contributed by atoms with Crippen molar-refractivity contribution in [3.05, 3.63) is 70.7 Å². The summed E-state index contributed by atoms with van der Waals surface area (Å²) in [6, 6.07) is 18.0. The number of halogens is 1. The van der Waals surface area contributed by atoms with Crippen LogP contribution in [0.5, 0.6) is 11.5 Å². The highest BCUT2D eigenvalue weighted by Gasteiger charge is 2.12. The van der Waals surface area contributed by atoms with Crippen LogP contribution in [0.3, 0.4) is 0 Å². The average molecular weight is 453 g/mol. The minimum Gasteiger partial charge on any atom is -0.497 e. The molecule has 4 rings (SSSR count). The highest BCUT2D eigenvalue weighted by atomic mass is 79.9. The van der Waals surface area contributed by atoms with Gasteiger partial charge in [-0.2, -0.15) is 0 Å². The maximum atomic E-state index is 12.6. The minimum absolute atomic E-state index is 0.230. The maximum Gasteiger partial charge on any atom is 0.255 e. The fourth-order valence-corrected chi connectivity index (χ4v) is 3.41. The van der Waals surface area contributed by atoms with Crippen LogP contribution < -0.4 is 14.8 Å². The number of anilines is 1. The second kappa shape index (κ2) is 7.97. The van der Waals surface area contributed by atoms with E-state index in [1.165, 1.54) is 0 Å². The van der Waals surface area contributed by atoms with Gasteiger partial charge < -0.3 is 19.2 Å². The molecule has 0 aliphatic heterocycles. The number of fused-ring (bicyclic) bond motifs is 1. The number of amides is 1. The first kappa shape index (κ1) is 19.0. The predicted octanol–water partition coefficient (Wildman–Crippen LogP) is 5.53. The van der Waals surface area contributed by atoms with Gasteiger partial charge in [-0.25, -0.2) is 4.98 Å². The number of nitrogens with zero attached hydrogens (tertiary/aromatic N) is 1. The lowest BCUT2D eigenvalue weighted by Crippen LogP contribution is -2.11. The van der Waals surface area contributed by atoms with Gasteiger partial charge in [-0.1, -0.05) is 0 Å². The van der Waals surface area contributed by atoms with E-state index >= 15 is 0 Å². The molecular weight excluding hydrogens is 436 g/mol. The van der Waals surface area contributed by atoms with E-state index < -0.39 is 0 Å². The zero-order valence-electron chi connectivity index (χ0n) is 15.7. The van der Waals surface area contributed by atoms with Crippen molar-refractivity contribution in [2.45, 2.75) is 0 Å². The number of oxazole rings is 1. The number of hydrogen-bond acceptors (Lipinski definition) is 5. The highest BCUT2D eigenvalue weighted by Crippen LogP contribution is 2.28. The van der Waals surface area contributed by atoms with Crippen molar-refractivity contribution < 1.29 is 18.7 Å². The van der Waals surface area contributed by atoms with E-state index in [9.17, 15) is 4.79 Å². The molecule has 7 heteroatoms. The van der Waals surface area contributed by atoms with Crippen LogP contribution in [0.25, 0.3) is 22.6 Å². The highest BCUT2D eigenvalue weighted by molar-refractivity contribution is 9.10. The molecule has 0 aliphatic carbocycles. The van der Waals surface area contributed by atoms with E-state index in [2.05, 4.69) is 26.2 Å². The molecule has 1 aromatic heterocycles. The molecule has 3 aromatic carbocycles. The lowest BCUT2D eigenvalue weighted by molar-refractivity contribution is 0.102. The minimum atomic E-state index is -0.230. The summed E-state index contributed by atoms with van der Waals surface area (Å²) < 4.78 is 16.9. The third-order valence-corrected chi connectivity index (χ3v) is 5.02. The van der Waals surface area contributed by atoms with Gasteiger partial charge in [-0.05, 0) is 76.6 Å². The Bertz CT molecular complexity index is 1190. The molecule has 0 unspecified atom stereocenters. The van der Waals surface area contributed by atoms with Crippen LogP contribution in [0, 0.1) is 0 Å². The molecule has 0 saturated carbocycles. The number of carbonyl (C=O) groups excluding carboxylic acids is 1. The van der Waals surface area contributed by atoms with Crippen molar-refractivity contribution in [2.75, 3.05) is 19.5 Å². The lowest BCUT2D eigenvalue weighted by atomic mass is 10.2. The summed E-state index contributed by atoms with van der Waals surface area (Å²) in [6.07, 6.45) is 0. The van der Waals surface area contributed by atoms with Crippen LogP contribution in [0.15, 0.2) is 69.6 Å². The zero-order chi connectivity index (χ0) is 20.4. The van der Waals surface area contributed by atoms with Crippen molar-refractivity contribution in [1.82, 2.24) is 4.98 Å². The molecule has 146 valence electrons. The van der Waals surface area contributed by atoms with Crippen molar-refractivity contribution in [3.63, 3.8) is 0 Å². The summed E-state index contributed by atoms with van der Waals surface area (Å²) in [6.45, 7) is 0. The van der Waals surface area contributed by atoms with Gasteiger partial charge in [-0.15, -0.1) is 0 Å². The second-order valence-corrected chi connectivity index (χ2v) is 7.09. The third-order valence-electron chi connectivity index (χ3n) is 4.40. The molecule has 0 fully saturated rings. The molecule has 1 heterocycles. The number of methoxy groups -OCH3 is 2. The van der Waals surface area contributed by atoms with Crippen molar-refractivity contribution >= 4 is 38.6 Å². The molecule has 0 bridgehead atoms. The summed E-state index contributed by atoms with van der Waals surface area (Å²) >= 11 is 3.39. The number of ether oxygens (including phenoxy) is 2. The summed E-state index contributed by atoms with van der Waals surface area (Å²) in [5.74, 6) is 1.70. The SMILES string of the molecule is COc1ccc(-c2nc3cc(NC(=O)c4ccc(OC)c(Br)c4)ccc3o2)cc1. The lowest BCUT2D eigenvalue weighted by Gasteiger charge is -2.07. The maximum absolute atomic E-state index is 12.6. The Morgan fingerprint density at radius 1 is 1.00 bits per heavy atom. The normalized spacial score (nSPS) is 10.7. The molecule has 0 radical (unpaired) electrons. The Hall–Kier alpha value is -3.32. The van der Waals surface area contributed by atoms with E-state index in [0.717, 1.165) is 11.3 Å². The Kier molecular flexibility index (Phi) is 5.22. The Morgan fingerprint density at radius 2 is 1.79 bits per heavy atom. The first-order valence-electron chi connectivity index (χ1n) is 8.77. The van der Waals surface area contributed by atoms with E-state index in [0.29, 0.717) is 38.5 Å². The monoisotopic (exact) mass is 452 g/mol. The van der Waals surface area contributed by atoms with Crippen LogP contribution in [0.1, 0.15) is 10.4 Å². The van der Waals surface area contributed by atoms with E-state index in [1.54, 1.807) is 50.6 Å². The average Bonchev–Trinajstić information content (AvgIpc) is 3.17. The Morgan fingerprint density at radius 3 is 2.48 bits per heavy atom. The molecule has 0 atom stereocenters. The van der Waals surface area contributed by atoms with Gasteiger partial charge >= 0.3 is 0 Å². The summed E-state index contributed by atoms with van der Waals surface area (Å²) in [5.41, 5.74) is 3.28. The van der Waals surface area contributed by atoms with Gasteiger partial charge in [0.2, 0.25) is 5.89 Å². The smallest absolute Gasteiger partial charge is 0.255 e. The molecule has 0 saturated heterocycles. The number of aromatic nitrogens is 1. The molecule has 0 spiro atoms. The third kappa shape index (κ3) is 3.95. The Balaban J connectivity index is 1.57. The van der Waals surface area contributed by atoms with Gasteiger partial charge in [-0.3, -0.25) is 4.79 Å². The second-order valence-electron chi connectivity index (χ2n) is 6.23. The number of nitrogens with one attached hydrogen (secondary N) is 1. The molecule has 1 amide bonds. The predicted molar refractivity (Wildman–Crippen MR) is 115 cm³/mol. The Labute approximate surface area is 175 Å². The van der Waals surface area contributed by atoms with Gasteiger partial charge in [0, 0.05) is 16.8 Å². The zero-order valence-corrected chi connectivity index (χ0v) is 17.3. The first-order chi connectivity index (χ1) is 14.1. The van der Waals surface area contributed by atoms with Gasteiger partial charge in [0.1, 0.15) is 17.0 Å². The molecule has 0 aliphatic rings. The molecular formula is C22H17BrN2O4. The van der Waals surface area contributed by atoms with Crippen LogP contribution in [0.2, 0.25) is 0 Å². The van der Waals surface area contributed by atoms with E-state index in [1.807, 2.05) is 24.3 Å². The number of benzene rings is 3. The number of rotatable bonds is 5. The van der Waals surface area contributed by atoms with Crippen molar-refractivity contribution in [1.29, 1.82) is 0 Å². The quantitative estimate of drug-likeness (QED) is 0.431. The summed E-state index contributed by atoms with van der Waals surface area (Å²) in [5, 5.41) is 2.88. The summed E-state index contributed by atoms with van der Waals surface area (Å²) in [7, 11) is 3.20. The van der Waals surface area contributed by atoms with Gasteiger partial charge in [0.25, 0.3) is 5.91 Å². The number of carbonyl (C=O) groups is 1. The van der Waals surface area contributed by atoms with E-state index in [-0.39, 0.29) is 5.91 Å². The molecule has 6 nitrogen and oxygen atoms in total. The van der Waals surface area contributed by atoms with Crippen LogP contribution in [-0.2, 0) is 0 Å². The largest absolute Gasteiger partial charge is 0.497 e. The van der Waals surface area contributed by atoms with Gasteiger partial charge in [0.15, 0.2) is 5.58 Å². The first-order valence-corrected chi connectivity index (χ1v) is 9.56. The molecule has 29 heavy (non-hydrogen) atoms. The van der Waals surface area contributed by atoms with Crippen molar-refractivity contribution in [3.8, 4) is 23.0 Å². The standard InChI is InChI=1S/C22H17BrN2O4/c1-27-16-7-3-13(4-8-16)22-25-18-12-15(6-10-20(18)29-22)24-21(26)14-5-9-19(28-2)17(23)11-14/h3-12H,1-2H3,(H,24,26). The van der Waals surface area contributed by atoms with Crippen LogP contribution in [-0.4, -0.2) is 25.1 Å². The molecule has 1 N–H and O–H groups in total. The fourth-order valence-electron chi connectivity index (χ4n) is 2.87. The van der Waals surface area contributed by atoms with Crippen LogP contribution in [0.4, 0.5) is 5.69 Å². The van der Waals surface area contributed by atoms with Crippen LogP contribution >= 0.6 is 15.9 Å². The topological polar surface area (TPSA) is 73.6 Å². The van der Waals surface area contributed by atoms with E-state index in [4.69, 9.17) is 13.9 Å². The number of hydrogen-bond donors (Lipinski definition) is 1. The molecule has 4 aromatic rings. The van der Waals surface area contributed by atoms with Crippen molar-refractivity contribution in [2.24, 2.45) is 0 Å². The fraction of sp³-hybridized carbons (Fsp3) is 0.0909. The summed E-state index contributed by atoms with van der Waals surface area (Å²) in [4.78, 5) is 17.1.